The van der Waals surface area contributed by atoms with Crippen LogP contribution in [0.5, 0.6) is 0 Å². The maximum atomic E-state index is 14.0. The summed E-state index contributed by atoms with van der Waals surface area (Å²) in [5, 5.41) is 40.6. The Hall–Kier alpha value is -2.48. The summed E-state index contributed by atoms with van der Waals surface area (Å²) >= 11 is 0. The number of fused-ring (bicyclic) bond motifs is 1. The van der Waals surface area contributed by atoms with Crippen molar-refractivity contribution in [3.63, 3.8) is 0 Å². The van der Waals surface area contributed by atoms with Crippen LogP contribution in [0, 0.1) is 44.8 Å². The van der Waals surface area contributed by atoms with Crippen molar-refractivity contribution in [2.75, 3.05) is 6.61 Å². The van der Waals surface area contributed by atoms with Crippen LogP contribution in [0.2, 0.25) is 0 Å². The smallest absolute Gasteiger partial charge is 0.331 e. The Morgan fingerprint density at radius 1 is 0.895 bits per heavy atom. The molecular formula is C50H72O7. The van der Waals surface area contributed by atoms with Gasteiger partial charge in [0.1, 0.15) is 12.7 Å². The highest BCUT2D eigenvalue weighted by atomic mass is 16.5. The van der Waals surface area contributed by atoms with Crippen molar-refractivity contribution in [1.29, 1.82) is 0 Å². The molecule has 0 aromatic heterocycles. The van der Waals surface area contributed by atoms with E-state index in [-0.39, 0.29) is 25.0 Å². The summed E-state index contributed by atoms with van der Waals surface area (Å²) in [6.07, 6.45) is 24.7. The summed E-state index contributed by atoms with van der Waals surface area (Å²) in [4.78, 5) is 25.4. The van der Waals surface area contributed by atoms with Crippen LogP contribution in [-0.4, -0.2) is 57.3 Å². The molecule has 7 nitrogen and oxygen atoms in total. The highest BCUT2D eigenvalue weighted by Crippen LogP contribution is 2.76. The van der Waals surface area contributed by atoms with E-state index in [2.05, 4.69) is 44.2 Å². The molecule has 1 heterocycles. The van der Waals surface area contributed by atoms with Crippen molar-refractivity contribution < 1.29 is 34.4 Å². The first-order valence-corrected chi connectivity index (χ1v) is 23.0. The molecule has 9 unspecified atom stereocenters. The highest BCUT2D eigenvalue weighted by molar-refractivity contribution is 5.85. The molecule has 3 spiro atoms. The van der Waals surface area contributed by atoms with Gasteiger partial charge in [-0.15, -0.1) is 0 Å². The third-order valence-corrected chi connectivity index (χ3v) is 18.2. The van der Waals surface area contributed by atoms with Crippen molar-refractivity contribution in [1.82, 2.24) is 0 Å². The molecular weight excluding hydrogens is 713 g/mol. The molecule has 57 heavy (non-hydrogen) atoms. The fourth-order valence-electron chi connectivity index (χ4n) is 15.3. The summed E-state index contributed by atoms with van der Waals surface area (Å²) in [6.45, 7) is 8.35. The zero-order valence-corrected chi connectivity index (χ0v) is 35.5. The maximum Gasteiger partial charge on any atom is 0.331 e. The molecule has 7 heteroatoms. The lowest BCUT2D eigenvalue weighted by molar-refractivity contribution is -0.362. The van der Waals surface area contributed by atoms with Gasteiger partial charge < -0.3 is 24.8 Å². The monoisotopic (exact) mass is 785 g/mol. The van der Waals surface area contributed by atoms with E-state index in [1.54, 1.807) is 0 Å². The van der Waals surface area contributed by atoms with Crippen LogP contribution in [0.3, 0.4) is 0 Å². The van der Waals surface area contributed by atoms with Gasteiger partial charge in [-0.2, -0.15) is 0 Å². The summed E-state index contributed by atoms with van der Waals surface area (Å²) in [5.74, 6) is -0.556. The van der Waals surface area contributed by atoms with Gasteiger partial charge in [0.25, 0.3) is 0 Å². The van der Waals surface area contributed by atoms with E-state index in [0.29, 0.717) is 48.3 Å². The first-order chi connectivity index (χ1) is 27.1. The van der Waals surface area contributed by atoms with Crippen molar-refractivity contribution in [2.45, 2.75) is 186 Å². The standard InChI is InChI=1S/C50H72O7/c1-35(11-10-14-37-12-6-5-7-13-37)15-25-48(54)30-27-44(3)32-40(57-36(2)51)43-45(4,39-17-23-47(24-18-39)29-28-46(34-47)20-8-9-21-46)22-19-41(52)50(43,48)49(44,55)26-16-38-31-42(53)56-33-38/h5-7,12-13,27,30-31,35,39-41,43,52,54-55H,8-11,14-26,28-29,32-34H2,1-4H3. The minimum atomic E-state index is -1.56. The lowest BCUT2D eigenvalue weighted by Crippen LogP contribution is -2.83. The van der Waals surface area contributed by atoms with Crippen molar-refractivity contribution in [2.24, 2.45) is 44.8 Å². The quantitative estimate of drug-likeness (QED) is 0.143. The van der Waals surface area contributed by atoms with Crippen molar-refractivity contribution >= 4 is 11.9 Å². The average Bonchev–Trinajstić information content (AvgIpc) is 3.92. The number of hydrogen-bond donors (Lipinski definition) is 3. The van der Waals surface area contributed by atoms with Gasteiger partial charge in [0.05, 0.1) is 22.7 Å². The third-order valence-electron chi connectivity index (χ3n) is 18.2. The van der Waals surface area contributed by atoms with Gasteiger partial charge in [0, 0.05) is 24.3 Å². The maximum absolute atomic E-state index is 14.0. The van der Waals surface area contributed by atoms with E-state index in [9.17, 15) is 24.9 Å². The largest absolute Gasteiger partial charge is 0.462 e. The van der Waals surface area contributed by atoms with E-state index in [0.717, 1.165) is 50.5 Å². The Kier molecular flexibility index (Phi) is 11.0. The van der Waals surface area contributed by atoms with Crippen molar-refractivity contribution in [3.05, 3.63) is 59.7 Å². The summed E-state index contributed by atoms with van der Waals surface area (Å²) in [5.41, 5.74) is -2.71. The zero-order chi connectivity index (χ0) is 40.3. The van der Waals surface area contributed by atoms with E-state index < -0.39 is 45.6 Å². The Morgan fingerprint density at radius 3 is 2.26 bits per heavy atom. The predicted molar refractivity (Wildman–Crippen MR) is 222 cm³/mol. The molecule has 7 aliphatic rings. The number of rotatable bonds is 12. The Balaban J connectivity index is 1.16. The SMILES string of the molecule is CC(=O)OC1CC2(C)C=CC(O)(CCC(C)CCCc3ccccc3)C3(C(O)CCC(C)(C4CCC5(CC4)CCC4(CCCC4)C5)C13)C2(O)CCC1=CC(=O)OC1. The normalized spacial score (nSPS) is 42.5. The van der Waals surface area contributed by atoms with Gasteiger partial charge in [-0.25, -0.2) is 4.79 Å². The Morgan fingerprint density at radius 2 is 1.60 bits per heavy atom. The molecule has 314 valence electrons. The molecule has 8 rings (SSSR count). The highest BCUT2D eigenvalue weighted by Gasteiger charge is 2.81. The van der Waals surface area contributed by atoms with Crippen molar-refractivity contribution in [3.8, 4) is 0 Å². The van der Waals surface area contributed by atoms with E-state index >= 15 is 0 Å². The van der Waals surface area contributed by atoms with Crippen LogP contribution in [0.25, 0.3) is 0 Å². The molecule has 5 saturated carbocycles. The number of hydrogen-bond acceptors (Lipinski definition) is 7. The van der Waals surface area contributed by atoms with E-state index in [1.165, 1.54) is 76.4 Å². The topological polar surface area (TPSA) is 113 Å². The molecule has 0 radical (unpaired) electrons. The number of aliphatic hydroxyl groups excluding tert-OH is 1. The van der Waals surface area contributed by atoms with E-state index in [4.69, 9.17) is 9.47 Å². The molecule has 3 N–H and O–H groups in total. The molecule has 0 amide bonds. The van der Waals surface area contributed by atoms with E-state index in [1.807, 2.05) is 19.1 Å². The predicted octanol–water partition coefficient (Wildman–Crippen LogP) is 9.75. The van der Waals surface area contributed by atoms with Gasteiger partial charge in [0.15, 0.2) is 0 Å². The second-order valence-corrected chi connectivity index (χ2v) is 21.4. The summed E-state index contributed by atoms with van der Waals surface area (Å²) in [7, 11) is 0. The van der Waals surface area contributed by atoms with Gasteiger partial charge in [0.2, 0.25) is 0 Å². The summed E-state index contributed by atoms with van der Waals surface area (Å²) in [6, 6.07) is 10.6. The van der Waals surface area contributed by atoms with Crippen LogP contribution in [0.1, 0.15) is 162 Å². The molecule has 1 aromatic rings. The molecule has 1 aliphatic heterocycles. The van der Waals surface area contributed by atoms with Crippen LogP contribution in [0.15, 0.2) is 54.1 Å². The molecule has 5 fully saturated rings. The number of benzene rings is 1. The van der Waals surface area contributed by atoms with Crippen LogP contribution in [-0.2, 0) is 25.5 Å². The zero-order valence-electron chi connectivity index (χ0n) is 35.5. The number of aliphatic hydroxyl groups is 3. The first-order valence-electron chi connectivity index (χ1n) is 23.0. The second-order valence-electron chi connectivity index (χ2n) is 21.4. The number of cyclic esters (lactones) is 1. The number of aryl methyl sites for hydroxylation is 1. The molecule has 9 atom stereocenters. The number of esters is 2. The Labute approximate surface area is 342 Å². The minimum Gasteiger partial charge on any atom is -0.462 e. The molecule has 6 aliphatic carbocycles. The van der Waals surface area contributed by atoms with Crippen LogP contribution < -0.4 is 0 Å². The third kappa shape index (κ3) is 6.90. The van der Waals surface area contributed by atoms with Gasteiger partial charge in [-0.3, -0.25) is 4.79 Å². The molecule has 2 bridgehead atoms. The summed E-state index contributed by atoms with van der Waals surface area (Å²) < 4.78 is 11.8. The lowest BCUT2D eigenvalue weighted by Gasteiger charge is -2.76. The molecule has 1 aromatic carbocycles. The number of carbonyl (C=O) groups excluding carboxylic acids is 2. The minimum absolute atomic E-state index is 0.199. The van der Waals surface area contributed by atoms with Crippen LogP contribution in [0.4, 0.5) is 0 Å². The van der Waals surface area contributed by atoms with Crippen LogP contribution >= 0.6 is 0 Å². The van der Waals surface area contributed by atoms with Gasteiger partial charge in [-0.1, -0.05) is 82.5 Å². The fourth-order valence-corrected chi connectivity index (χ4v) is 15.3. The average molecular weight is 785 g/mol. The number of ether oxygens (including phenoxy) is 2. The first kappa shape index (κ1) is 41.3. The van der Waals surface area contributed by atoms with Gasteiger partial charge in [-0.05, 0) is 155 Å². The lowest BCUT2D eigenvalue weighted by atomic mass is 9.31. The fraction of sp³-hybridized carbons (Fsp3) is 0.760. The van der Waals surface area contributed by atoms with Gasteiger partial charge >= 0.3 is 11.9 Å². The Bertz CT molecular complexity index is 1700. The second kappa shape index (κ2) is 15.2. The number of carbonyl (C=O) groups is 2. The molecule has 0 saturated heterocycles.